The average Bonchev–Trinajstić information content (AvgIpc) is 2.79. The van der Waals surface area contributed by atoms with Gasteiger partial charge < -0.3 is 54.0 Å². The summed E-state index contributed by atoms with van der Waals surface area (Å²) in [5.74, 6) is 0. The predicted molar refractivity (Wildman–Crippen MR) is 110 cm³/mol. The van der Waals surface area contributed by atoms with E-state index in [9.17, 15) is 25.5 Å². The minimum Gasteiger partial charge on any atom is -0.394 e. The fourth-order valence-corrected chi connectivity index (χ4v) is 3.62. The summed E-state index contributed by atoms with van der Waals surface area (Å²) in [5.41, 5.74) is 0. The van der Waals surface area contributed by atoms with E-state index in [0.717, 1.165) is 0 Å². The zero-order valence-corrected chi connectivity index (χ0v) is 17.8. The third-order valence-electron chi connectivity index (χ3n) is 5.12. The van der Waals surface area contributed by atoms with Crippen LogP contribution in [0.1, 0.15) is 0 Å². The molecule has 5 N–H and O–H groups in total. The molecule has 0 unspecified atom stereocenters. The zero-order chi connectivity index (χ0) is 23.7. The van der Waals surface area contributed by atoms with Crippen LogP contribution in [0.3, 0.4) is 0 Å². The van der Waals surface area contributed by atoms with E-state index in [1.165, 1.54) is 18.2 Å². The summed E-state index contributed by atoms with van der Waals surface area (Å²) in [5, 5.41) is 50.5. The summed E-state index contributed by atoms with van der Waals surface area (Å²) in [4.78, 5) is 0. The van der Waals surface area contributed by atoms with E-state index in [-0.39, 0.29) is 19.8 Å². The molecule has 2 aliphatic heterocycles. The lowest BCUT2D eigenvalue weighted by Gasteiger charge is -2.47. The summed E-state index contributed by atoms with van der Waals surface area (Å²) in [7, 11) is 0. The molecule has 0 bridgehead atoms. The second kappa shape index (κ2) is 13.5. The Morgan fingerprint density at radius 2 is 1.16 bits per heavy atom. The molecule has 0 amide bonds. The molecule has 2 heterocycles. The Hall–Kier alpha value is -1.22. The van der Waals surface area contributed by atoms with E-state index in [1.54, 1.807) is 0 Å². The summed E-state index contributed by atoms with van der Waals surface area (Å²) < 4.78 is 34.0. The Morgan fingerprint density at radius 3 is 1.66 bits per heavy atom. The van der Waals surface area contributed by atoms with E-state index < -0.39 is 74.6 Å². The van der Waals surface area contributed by atoms with E-state index in [4.69, 9.17) is 28.4 Å². The van der Waals surface area contributed by atoms with Crippen molar-refractivity contribution < 1.29 is 54.0 Å². The van der Waals surface area contributed by atoms with Crippen LogP contribution in [0.15, 0.2) is 38.0 Å². The minimum atomic E-state index is -1.61. The van der Waals surface area contributed by atoms with Crippen LogP contribution in [0.5, 0.6) is 0 Å². The molecule has 2 rings (SSSR count). The van der Waals surface area contributed by atoms with Gasteiger partial charge in [-0.25, -0.2) is 0 Å². The molecule has 0 aliphatic carbocycles. The monoisotopic (exact) mass is 462 g/mol. The standard InChI is InChI=1S/C21H34O11/c1-4-7-27-17-14(24)12(10-22)31-21(19(17)29-9-6-3)32-16-13(11-23)30-20(26)15(25)18(16)28-8-5-2/h4-6,12-26H,1-3,7-11H2/t12-,13-,14-,15-,16-,17+,18-,19-,20-,21-/m1/s1. The van der Waals surface area contributed by atoms with Crippen molar-refractivity contribution in [2.45, 2.75) is 61.4 Å². The van der Waals surface area contributed by atoms with Crippen molar-refractivity contribution >= 4 is 0 Å². The molecule has 0 aromatic heterocycles. The first-order valence-corrected chi connectivity index (χ1v) is 10.3. The van der Waals surface area contributed by atoms with Gasteiger partial charge in [0.25, 0.3) is 0 Å². The van der Waals surface area contributed by atoms with Crippen molar-refractivity contribution in [2.75, 3.05) is 33.0 Å². The summed E-state index contributed by atoms with van der Waals surface area (Å²) in [6.07, 6.45) is -7.51. The van der Waals surface area contributed by atoms with Crippen molar-refractivity contribution in [3.05, 3.63) is 38.0 Å². The van der Waals surface area contributed by atoms with Crippen LogP contribution in [0.4, 0.5) is 0 Å². The van der Waals surface area contributed by atoms with Crippen LogP contribution in [0.25, 0.3) is 0 Å². The number of ether oxygens (including phenoxy) is 6. The number of rotatable bonds is 13. The Bertz CT molecular complexity index is 588. The molecule has 0 saturated carbocycles. The maximum Gasteiger partial charge on any atom is 0.187 e. The normalized spacial score (nSPS) is 40.0. The van der Waals surface area contributed by atoms with Gasteiger partial charge in [-0.1, -0.05) is 18.2 Å². The Morgan fingerprint density at radius 1 is 0.656 bits per heavy atom. The number of hydrogen-bond acceptors (Lipinski definition) is 11. The van der Waals surface area contributed by atoms with Gasteiger partial charge in [-0.15, -0.1) is 19.7 Å². The lowest BCUT2D eigenvalue weighted by atomic mass is 9.96. The van der Waals surface area contributed by atoms with Gasteiger partial charge >= 0.3 is 0 Å². The highest BCUT2D eigenvalue weighted by Crippen LogP contribution is 2.32. The van der Waals surface area contributed by atoms with Crippen LogP contribution < -0.4 is 0 Å². The van der Waals surface area contributed by atoms with Gasteiger partial charge in [-0.3, -0.25) is 0 Å². The van der Waals surface area contributed by atoms with Crippen molar-refractivity contribution in [3.8, 4) is 0 Å². The van der Waals surface area contributed by atoms with Gasteiger partial charge in [0.05, 0.1) is 33.0 Å². The SMILES string of the molecule is C=CCO[C@@H]1[C@@H](O)[C@H](O)O[C@H](CO)[C@H]1O[C@H]1O[C@H](CO)[C@@H](O)[C@H](OCC=C)[C@H]1OCC=C. The Labute approximate surface area is 187 Å². The molecule has 2 aliphatic rings. The molecule has 0 radical (unpaired) electrons. The molecule has 32 heavy (non-hydrogen) atoms. The van der Waals surface area contributed by atoms with Gasteiger partial charge in [0.1, 0.15) is 48.8 Å². The smallest absolute Gasteiger partial charge is 0.187 e. The quantitative estimate of drug-likeness (QED) is 0.197. The summed E-state index contributed by atoms with van der Waals surface area (Å²) in [6, 6.07) is 0. The average molecular weight is 462 g/mol. The molecule has 0 spiro atoms. The second-order valence-electron chi connectivity index (χ2n) is 7.31. The van der Waals surface area contributed by atoms with Crippen molar-refractivity contribution in [1.29, 1.82) is 0 Å². The third-order valence-corrected chi connectivity index (χ3v) is 5.12. The van der Waals surface area contributed by atoms with Crippen LogP contribution >= 0.6 is 0 Å². The van der Waals surface area contributed by atoms with Crippen LogP contribution in [-0.2, 0) is 28.4 Å². The second-order valence-corrected chi connectivity index (χ2v) is 7.31. The molecule has 2 fully saturated rings. The topological polar surface area (TPSA) is 157 Å². The molecule has 11 heteroatoms. The maximum atomic E-state index is 10.6. The van der Waals surface area contributed by atoms with E-state index in [1.807, 2.05) is 0 Å². The molecule has 2 saturated heterocycles. The highest BCUT2D eigenvalue weighted by molar-refractivity contribution is 4.96. The lowest BCUT2D eigenvalue weighted by Crippen LogP contribution is -2.65. The van der Waals surface area contributed by atoms with Crippen molar-refractivity contribution in [3.63, 3.8) is 0 Å². The van der Waals surface area contributed by atoms with Gasteiger partial charge in [0.15, 0.2) is 12.6 Å². The summed E-state index contributed by atoms with van der Waals surface area (Å²) in [6.45, 7) is 9.83. The highest BCUT2D eigenvalue weighted by atomic mass is 16.7. The van der Waals surface area contributed by atoms with Gasteiger partial charge in [0.2, 0.25) is 0 Å². The fraction of sp³-hybridized carbons (Fsp3) is 0.714. The van der Waals surface area contributed by atoms with Crippen LogP contribution in [-0.4, -0.2) is 120 Å². The van der Waals surface area contributed by atoms with E-state index in [2.05, 4.69) is 19.7 Å². The first-order chi connectivity index (χ1) is 15.4. The fourth-order valence-electron chi connectivity index (χ4n) is 3.62. The summed E-state index contributed by atoms with van der Waals surface area (Å²) >= 11 is 0. The van der Waals surface area contributed by atoms with Gasteiger partial charge in [-0.05, 0) is 0 Å². The molecule has 184 valence electrons. The number of aliphatic hydroxyl groups excluding tert-OH is 5. The zero-order valence-electron chi connectivity index (χ0n) is 17.8. The van der Waals surface area contributed by atoms with E-state index in [0.29, 0.717) is 0 Å². The van der Waals surface area contributed by atoms with Gasteiger partial charge in [0, 0.05) is 0 Å². The van der Waals surface area contributed by atoms with Crippen molar-refractivity contribution in [2.24, 2.45) is 0 Å². The highest BCUT2D eigenvalue weighted by Gasteiger charge is 2.52. The predicted octanol–water partition coefficient (Wildman–Crippen LogP) is -1.77. The molecule has 0 aromatic rings. The molecule has 0 aromatic carbocycles. The van der Waals surface area contributed by atoms with E-state index >= 15 is 0 Å². The number of hydrogen-bond donors (Lipinski definition) is 5. The van der Waals surface area contributed by atoms with Gasteiger partial charge in [-0.2, -0.15) is 0 Å². The first-order valence-electron chi connectivity index (χ1n) is 10.3. The number of aliphatic hydroxyl groups is 5. The minimum absolute atomic E-state index is 0.0252. The lowest BCUT2D eigenvalue weighted by molar-refractivity contribution is -0.363. The molecular formula is C21H34O11. The maximum absolute atomic E-state index is 10.6. The molecular weight excluding hydrogens is 428 g/mol. The van der Waals surface area contributed by atoms with Crippen LogP contribution in [0, 0.1) is 0 Å². The largest absolute Gasteiger partial charge is 0.394 e. The molecule has 11 nitrogen and oxygen atoms in total. The van der Waals surface area contributed by atoms with Crippen molar-refractivity contribution in [1.82, 2.24) is 0 Å². The third kappa shape index (κ3) is 6.43. The van der Waals surface area contributed by atoms with Crippen LogP contribution in [0.2, 0.25) is 0 Å². The Balaban J connectivity index is 2.33. The molecule has 10 atom stereocenters. The first kappa shape index (κ1) is 27.0. The Kier molecular flexibility index (Phi) is 11.4.